The van der Waals surface area contributed by atoms with Crippen LogP contribution in [0.1, 0.15) is 116 Å². The number of rotatable bonds is 1. The Morgan fingerprint density at radius 1 is 0.438 bits per heavy atom. The van der Waals surface area contributed by atoms with E-state index in [1.807, 2.05) is 13.8 Å². The molecule has 0 radical (unpaired) electrons. The van der Waals surface area contributed by atoms with Crippen LogP contribution < -0.4 is 0 Å². The van der Waals surface area contributed by atoms with E-state index in [2.05, 4.69) is 95.2 Å². The van der Waals surface area contributed by atoms with Crippen molar-refractivity contribution < 1.29 is 10.2 Å². The summed E-state index contributed by atoms with van der Waals surface area (Å²) in [6.45, 7) is 30.1. The molecule has 0 amide bonds. The van der Waals surface area contributed by atoms with E-state index in [-0.39, 0.29) is 33.2 Å². The molecule has 178 valence electrons. The quantitative estimate of drug-likeness (QED) is 0.468. The molecule has 0 aliphatic rings. The molecule has 2 nitrogen and oxygen atoms in total. The van der Waals surface area contributed by atoms with Crippen LogP contribution in [0.3, 0.4) is 0 Å². The van der Waals surface area contributed by atoms with Gasteiger partial charge < -0.3 is 10.2 Å². The predicted molar refractivity (Wildman–Crippen MR) is 139 cm³/mol. The molecule has 2 aromatic carbocycles. The smallest absolute Gasteiger partial charge is 0.127 e. The van der Waals surface area contributed by atoms with Crippen molar-refractivity contribution in [2.75, 3.05) is 0 Å². The van der Waals surface area contributed by atoms with Crippen LogP contribution >= 0.6 is 0 Å². The zero-order valence-corrected chi connectivity index (χ0v) is 23.0. The van der Waals surface area contributed by atoms with Gasteiger partial charge in [-0.1, -0.05) is 95.2 Å². The van der Waals surface area contributed by atoms with Gasteiger partial charge in [-0.05, 0) is 68.9 Å². The molecule has 0 aliphatic carbocycles. The van der Waals surface area contributed by atoms with Crippen LogP contribution in [0.15, 0.2) is 12.1 Å². The molecule has 0 fully saturated rings. The first-order valence-corrected chi connectivity index (χ1v) is 11.9. The van der Waals surface area contributed by atoms with Crippen molar-refractivity contribution in [3.8, 4) is 22.6 Å². The number of hydrogen-bond acceptors (Lipinski definition) is 2. The Balaban J connectivity index is 3.20. The maximum atomic E-state index is 11.7. The Morgan fingerprint density at radius 3 is 0.844 bits per heavy atom. The van der Waals surface area contributed by atoms with Gasteiger partial charge >= 0.3 is 0 Å². The molecular formula is C30H46O2. The maximum absolute atomic E-state index is 11.7. The number of aromatic hydroxyl groups is 2. The molecule has 0 atom stereocenters. The van der Waals surface area contributed by atoms with Crippen molar-refractivity contribution in [2.45, 2.75) is 119 Å². The lowest BCUT2D eigenvalue weighted by Gasteiger charge is -2.34. The van der Waals surface area contributed by atoms with Gasteiger partial charge in [0.25, 0.3) is 0 Å². The van der Waals surface area contributed by atoms with Crippen LogP contribution in [-0.4, -0.2) is 10.2 Å². The highest BCUT2D eigenvalue weighted by Crippen LogP contribution is 2.52. The zero-order chi connectivity index (χ0) is 25.2. The van der Waals surface area contributed by atoms with Crippen molar-refractivity contribution in [2.24, 2.45) is 0 Å². The first-order chi connectivity index (χ1) is 14.1. The number of phenolic OH excluding ortho intramolecular Hbond substituents is 2. The highest BCUT2D eigenvalue weighted by Gasteiger charge is 2.34. The van der Waals surface area contributed by atoms with Gasteiger partial charge in [0.2, 0.25) is 0 Å². The minimum atomic E-state index is -0.210. The van der Waals surface area contributed by atoms with E-state index in [0.29, 0.717) is 0 Å². The Bertz CT molecular complexity index is 942. The molecule has 2 heteroatoms. The molecular weight excluding hydrogens is 392 g/mol. The van der Waals surface area contributed by atoms with E-state index < -0.39 is 0 Å². The van der Waals surface area contributed by atoms with Crippen LogP contribution in [0.2, 0.25) is 0 Å². The molecule has 32 heavy (non-hydrogen) atoms. The van der Waals surface area contributed by atoms with Gasteiger partial charge in [-0.25, -0.2) is 0 Å². The molecule has 0 heterocycles. The minimum Gasteiger partial charge on any atom is -0.507 e. The van der Waals surface area contributed by atoms with Gasteiger partial charge in [-0.3, -0.25) is 0 Å². The average molecular weight is 439 g/mol. The fourth-order valence-corrected chi connectivity index (χ4v) is 4.78. The molecule has 2 rings (SSSR count). The minimum absolute atomic E-state index is 0.0962. The Kier molecular flexibility index (Phi) is 6.42. The summed E-state index contributed by atoms with van der Waals surface area (Å²) in [5.41, 5.74) is 7.12. The van der Waals surface area contributed by atoms with Crippen LogP contribution in [0.5, 0.6) is 11.5 Å². The average Bonchev–Trinajstić information content (AvgIpc) is 2.55. The first kappa shape index (κ1) is 26.3. The van der Waals surface area contributed by atoms with Crippen molar-refractivity contribution in [3.63, 3.8) is 0 Å². The lowest BCUT2D eigenvalue weighted by molar-refractivity contribution is 0.453. The predicted octanol–water partition coefficient (Wildman–Crippen LogP) is 8.57. The molecule has 0 aliphatic heterocycles. The van der Waals surface area contributed by atoms with Crippen molar-refractivity contribution in [3.05, 3.63) is 45.5 Å². The van der Waals surface area contributed by atoms with Gasteiger partial charge in [0, 0.05) is 11.1 Å². The Morgan fingerprint density at radius 2 is 0.656 bits per heavy atom. The second-order valence-electron chi connectivity index (χ2n) is 13.6. The van der Waals surface area contributed by atoms with Gasteiger partial charge in [0.05, 0.1) is 0 Å². The van der Waals surface area contributed by atoms with Crippen molar-refractivity contribution >= 4 is 0 Å². The molecule has 0 saturated carbocycles. The third-order valence-corrected chi connectivity index (χ3v) is 6.59. The largest absolute Gasteiger partial charge is 0.507 e. The summed E-state index contributed by atoms with van der Waals surface area (Å²) in [5, 5.41) is 23.3. The van der Waals surface area contributed by atoms with Gasteiger partial charge in [0.1, 0.15) is 11.5 Å². The van der Waals surface area contributed by atoms with Gasteiger partial charge in [0.15, 0.2) is 0 Å². The Labute approximate surface area is 197 Å². The summed E-state index contributed by atoms with van der Waals surface area (Å²) < 4.78 is 0. The molecule has 0 bridgehead atoms. The van der Waals surface area contributed by atoms with Crippen molar-refractivity contribution in [1.29, 1.82) is 0 Å². The third-order valence-electron chi connectivity index (χ3n) is 6.59. The van der Waals surface area contributed by atoms with Crippen molar-refractivity contribution in [1.82, 2.24) is 0 Å². The Hall–Kier alpha value is -1.96. The van der Waals surface area contributed by atoms with E-state index in [9.17, 15) is 10.2 Å². The maximum Gasteiger partial charge on any atom is 0.127 e. The number of hydrogen-bond donors (Lipinski definition) is 2. The molecule has 0 spiro atoms. The van der Waals surface area contributed by atoms with E-state index in [4.69, 9.17) is 0 Å². The van der Waals surface area contributed by atoms with E-state index in [1.54, 1.807) is 0 Å². The molecule has 0 unspecified atom stereocenters. The monoisotopic (exact) mass is 438 g/mol. The van der Waals surface area contributed by atoms with E-state index in [1.165, 1.54) is 0 Å². The zero-order valence-electron chi connectivity index (χ0n) is 23.0. The topological polar surface area (TPSA) is 40.5 Å². The van der Waals surface area contributed by atoms with Gasteiger partial charge in [-0.15, -0.1) is 0 Å². The lowest BCUT2D eigenvalue weighted by atomic mass is 9.70. The van der Waals surface area contributed by atoms with Crippen LogP contribution in [0.4, 0.5) is 0 Å². The van der Waals surface area contributed by atoms with E-state index >= 15 is 0 Å². The summed E-state index contributed by atoms with van der Waals surface area (Å²) in [6, 6.07) is 4.51. The normalized spacial score (nSPS) is 13.6. The van der Waals surface area contributed by atoms with Crippen LogP contribution in [0, 0.1) is 13.8 Å². The highest BCUT2D eigenvalue weighted by atomic mass is 16.3. The summed E-state index contributed by atoms with van der Waals surface area (Å²) in [6.07, 6.45) is 0. The fourth-order valence-electron chi connectivity index (χ4n) is 4.78. The lowest BCUT2D eigenvalue weighted by Crippen LogP contribution is -2.22. The summed E-state index contributed by atoms with van der Waals surface area (Å²) >= 11 is 0. The molecule has 0 aromatic heterocycles. The van der Waals surface area contributed by atoms with E-state index in [0.717, 1.165) is 44.5 Å². The van der Waals surface area contributed by atoms with Gasteiger partial charge in [-0.2, -0.15) is 0 Å². The van der Waals surface area contributed by atoms with Crippen LogP contribution in [0.25, 0.3) is 11.1 Å². The fraction of sp³-hybridized carbons (Fsp3) is 0.600. The summed E-state index contributed by atoms with van der Waals surface area (Å²) in [4.78, 5) is 0. The first-order valence-electron chi connectivity index (χ1n) is 11.9. The van der Waals surface area contributed by atoms with Crippen LogP contribution in [-0.2, 0) is 21.7 Å². The number of phenols is 2. The third kappa shape index (κ3) is 4.70. The standard InChI is InChI=1S/C30H46O2/c1-17-19(27(3,4)5)15-21(29(9,10)11)23(25(17)31)24-22(30(12,13)14)16-20(28(6,7)8)18(2)26(24)32/h15-16,31-32H,1-14H3. The number of benzene rings is 2. The molecule has 2 aromatic rings. The highest BCUT2D eigenvalue weighted by molar-refractivity contribution is 5.86. The summed E-state index contributed by atoms with van der Waals surface area (Å²) in [7, 11) is 0. The SMILES string of the molecule is Cc1c(C(C)(C)C)cc(C(C)(C)C)c(-c2c(C(C)(C)C)cc(C(C)(C)C)c(C)c2O)c1O. The second-order valence-corrected chi connectivity index (χ2v) is 13.6. The second kappa shape index (κ2) is 7.82. The molecule has 0 saturated heterocycles. The summed E-state index contributed by atoms with van der Waals surface area (Å²) in [5.74, 6) is 0.567. The molecule has 2 N–H and O–H groups in total.